The van der Waals surface area contributed by atoms with Crippen molar-refractivity contribution in [2.45, 2.75) is 18.7 Å². The molecule has 0 atom stereocenters. The number of sulfonamides is 1. The van der Waals surface area contributed by atoms with Crippen LogP contribution in [0.1, 0.15) is 22.2 Å². The van der Waals surface area contributed by atoms with Crippen molar-refractivity contribution in [2.75, 3.05) is 6.61 Å². The fourth-order valence-electron chi connectivity index (χ4n) is 2.95. The molecule has 29 heavy (non-hydrogen) atoms. The summed E-state index contributed by atoms with van der Waals surface area (Å²) in [5.41, 5.74) is 2.06. The second kappa shape index (κ2) is 8.23. The highest BCUT2D eigenvalue weighted by atomic mass is 35.5. The van der Waals surface area contributed by atoms with Crippen LogP contribution in [0.4, 0.5) is 4.39 Å². The predicted molar refractivity (Wildman–Crippen MR) is 112 cm³/mol. The smallest absolute Gasteiger partial charge is 0.348 e. The van der Waals surface area contributed by atoms with Crippen molar-refractivity contribution < 1.29 is 22.3 Å². The number of carbonyl (C=O) groups is 1. The Morgan fingerprint density at radius 3 is 2.45 bits per heavy atom. The summed E-state index contributed by atoms with van der Waals surface area (Å²) in [5.74, 6) is -1.12. The van der Waals surface area contributed by atoms with Crippen LogP contribution >= 0.6 is 22.9 Å². The van der Waals surface area contributed by atoms with E-state index < -0.39 is 21.8 Å². The van der Waals surface area contributed by atoms with E-state index in [9.17, 15) is 17.6 Å². The standard InChI is InChI=1S/C20H17ClFNO4S2/c1-3-27-20(24)19-16(12-7-9-13(10-8-12)29(23,25)26)11(2)18(28-19)14-5-4-6-15(21)17(14)22/h4-10H,3H2,1-2H3,(H2,23,25,26). The first-order valence-corrected chi connectivity index (χ1v) is 11.3. The molecule has 2 aromatic carbocycles. The van der Waals surface area contributed by atoms with E-state index in [2.05, 4.69) is 0 Å². The average molecular weight is 454 g/mol. The summed E-state index contributed by atoms with van der Waals surface area (Å²) in [5, 5.41) is 5.13. The number of esters is 1. The van der Waals surface area contributed by atoms with Gasteiger partial charge in [0.25, 0.3) is 0 Å². The van der Waals surface area contributed by atoms with E-state index in [-0.39, 0.29) is 22.1 Å². The minimum Gasteiger partial charge on any atom is -0.462 e. The number of primary sulfonamides is 1. The molecule has 0 amide bonds. The third-order valence-electron chi connectivity index (χ3n) is 4.28. The quantitative estimate of drug-likeness (QED) is 0.550. The highest BCUT2D eigenvalue weighted by molar-refractivity contribution is 7.89. The summed E-state index contributed by atoms with van der Waals surface area (Å²) in [4.78, 5) is 13.4. The van der Waals surface area contributed by atoms with Crippen molar-refractivity contribution in [3.05, 3.63) is 63.7 Å². The number of thiophene rings is 1. The topological polar surface area (TPSA) is 86.5 Å². The second-order valence-electron chi connectivity index (χ2n) is 6.15. The molecule has 3 rings (SSSR count). The zero-order chi connectivity index (χ0) is 21.3. The summed E-state index contributed by atoms with van der Waals surface area (Å²) in [6.07, 6.45) is 0. The molecule has 0 bridgehead atoms. The highest BCUT2D eigenvalue weighted by Gasteiger charge is 2.25. The lowest BCUT2D eigenvalue weighted by molar-refractivity contribution is 0.0533. The number of nitrogens with two attached hydrogens (primary N) is 1. The molecule has 0 saturated heterocycles. The van der Waals surface area contributed by atoms with E-state index in [1.54, 1.807) is 38.1 Å². The lowest BCUT2D eigenvalue weighted by atomic mass is 9.99. The molecule has 0 saturated carbocycles. The molecule has 0 fully saturated rings. The zero-order valence-electron chi connectivity index (χ0n) is 15.5. The van der Waals surface area contributed by atoms with Crippen LogP contribution in [0, 0.1) is 12.7 Å². The molecule has 5 nitrogen and oxygen atoms in total. The van der Waals surface area contributed by atoms with Crippen LogP contribution in [0.25, 0.3) is 21.6 Å². The zero-order valence-corrected chi connectivity index (χ0v) is 17.9. The van der Waals surface area contributed by atoms with Gasteiger partial charge in [0, 0.05) is 16.0 Å². The van der Waals surface area contributed by atoms with E-state index in [0.29, 0.717) is 26.4 Å². The first-order valence-electron chi connectivity index (χ1n) is 8.53. The number of rotatable bonds is 5. The molecule has 0 aliphatic rings. The van der Waals surface area contributed by atoms with Gasteiger partial charge in [0.05, 0.1) is 16.5 Å². The molecule has 2 N–H and O–H groups in total. The number of hydrogen-bond donors (Lipinski definition) is 1. The van der Waals surface area contributed by atoms with Crippen LogP contribution < -0.4 is 5.14 Å². The largest absolute Gasteiger partial charge is 0.462 e. The van der Waals surface area contributed by atoms with Crippen molar-refractivity contribution in [3.8, 4) is 21.6 Å². The molecule has 0 radical (unpaired) electrons. The maximum Gasteiger partial charge on any atom is 0.348 e. The average Bonchev–Trinajstić information content (AvgIpc) is 3.01. The van der Waals surface area contributed by atoms with Gasteiger partial charge in [-0.2, -0.15) is 0 Å². The summed E-state index contributed by atoms with van der Waals surface area (Å²) in [7, 11) is -3.85. The molecular weight excluding hydrogens is 437 g/mol. The van der Waals surface area contributed by atoms with Gasteiger partial charge in [-0.05, 0) is 43.2 Å². The van der Waals surface area contributed by atoms with Crippen molar-refractivity contribution >= 4 is 38.9 Å². The van der Waals surface area contributed by atoms with Crippen molar-refractivity contribution in [3.63, 3.8) is 0 Å². The van der Waals surface area contributed by atoms with Gasteiger partial charge in [-0.3, -0.25) is 0 Å². The number of hydrogen-bond acceptors (Lipinski definition) is 5. The van der Waals surface area contributed by atoms with Crippen LogP contribution in [-0.4, -0.2) is 21.0 Å². The molecule has 9 heteroatoms. The number of benzene rings is 2. The van der Waals surface area contributed by atoms with Gasteiger partial charge in [0.1, 0.15) is 10.7 Å². The minimum atomic E-state index is -3.85. The molecule has 3 aromatic rings. The molecule has 0 aliphatic heterocycles. The summed E-state index contributed by atoms with van der Waals surface area (Å²) in [6, 6.07) is 10.5. The van der Waals surface area contributed by atoms with Gasteiger partial charge in [-0.1, -0.05) is 35.9 Å². The summed E-state index contributed by atoms with van der Waals surface area (Å²) < 4.78 is 42.8. The minimum absolute atomic E-state index is 0.0213. The monoisotopic (exact) mass is 453 g/mol. The fraction of sp³-hybridized carbons (Fsp3) is 0.150. The van der Waals surface area contributed by atoms with E-state index in [0.717, 1.165) is 11.3 Å². The molecule has 1 heterocycles. The van der Waals surface area contributed by atoms with Crippen LogP contribution in [0.2, 0.25) is 5.02 Å². The van der Waals surface area contributed by atoms with Crippen molar-refractivity contribution in [2.24, 2.45) is 5.14 Å². The first kappa shape index (κ1) is 21.4. The molecule has 0 unspecified atom stereocenters. The maximum atomic E-state index is 14.6. The Bertz CT molecular complexity index is 1190. The Morgan fingerprint density at radius 1 is 1.21 bits per heavy atom. The Morgan fingerprint density at radius 2 is 1.86 bits per heavy atom. The number of ether oxygens (including phenoxy) is 1. The maximum absolute atomic E-state index is 14.6. The van der Waals surface area contributed by atoms with Gasteiger partial charge in [-0.15, -0.1) is 11.3 Å². The van der Waals surface area contributed by atoms with Crippen LogP contribution in [0.15, 0.2) is 47.4 Å². The summed E-state index contributed by atoms with van der Waals surface area (Å²) in [6.45, 7) is 3.63. The van der Waals surface area contributed by atoms with Crippen molar-refractivity contribution in [1.29, 1.82) is 0 Å². The van der Waals surface area contributed by atoms with E-state index in [1.165, 1.54) is 18.2 Å². The van der Waals surface area contributed by atoms with Crippen molar-refractivity contribution in [1.82, 2.24) is 0 Å². The molecule has 1 aromatic heterocycles. The Labute approximate surface area is 176 Å². The van der Waals surface area contributed by atoms with E-state index in [4.69, 9.17) is 21.5 Å². The first-order chi connectivity index (χ1) is 13.6. The lowest BCUT2D eigenvalue weighted by Gasteiger charge is -2.07. The van der Waals surface area contributed by atoms with E-state index >= 15 is 0 Å². The lowest BCUT2D eigenvalue weighted by Crippen LogP contribution is -2.11. The van der Waals surface area contributed by atoms with Crippen LogP contribution in [-0.2, 0) is 14.8 Å². The van der Waals surface area contributed by atoms with E-state index in [1.807, 2.05) is 0 Å². The number of halogens is 2. The Kier molecular flexibility index (Phi) is 6.09. The SMILES string of the molecule is CCOC(=O)c1sc(-c2cccc(Cl)c2F)c(C)c1-c1ccc(S(N)(=O)=O)cc1. The van der Waals surface area contributed by atoms with Gasteiger partial charge < -0.3 is 4.74 Å². The molecule has 0 aliphatic carbocycles. The van der Waals surface area contributed by atoms with Gasteiger partial charge in [0.2, 0.25) is 10.0 Å². The molecular formula is C20H17ClFNO4S2. The highest BCUT2D eigenvalue weighted by Crippen LogP contribution is 2.43. The third-order valence-corrected chi connectivity index (χ3v) is 6.80. The predicted octanol–water partition coefficient (Wildman–Crippen LogP) is 5.01. The number of carbonyl (C=O) groups excluding carboxylic acids is 1. The van der Waals surface area contributed by atoms with Crippen LogP contribution in [0.5, 0.6) is 0 Å². The summed E-state index contributed by atoms with van der Waals surface area (Å²) >= 11 is 7.02. The van der Waals surface area contributed by atoms with Gasteiger partial charge in [0.15, 0.2) is 0 Å². The van der Waals surface area contributed by atoms with Crippen LogP contribution in [0.3, 0.4) is 0 Å². The second-order valence-corrected chi connectivity index (χ2v) is 9.14. The third kappa shape index (κ3) is 4.20. The molecule has 152 valence electrons. The fourth-order valence-corrected chi connectivity index (χ4v) is 4.88. The Balaban J connectivity index is 2.24. The normalized spacial score (nSPS) is 11.5. The van der Waals surface area contributed by atoms with Gasteiger partial charge in [-0.25, -0.2) is 22.7 Å². The Hall–Kier alpha value is -2.26. The van der Waals surface area contributed by atoms with Gasteiger partial charge >= 0.3 is 5.97 Å². The molecule has 0 spiro atoms.